The molecule has 1 heterocycles. The maximum atomic E-state index is 11.9. The van der Waals surface area contributed by atoms with Crippen molar-refractivity contribution >= 4 is 6.09 Å². The first kappa shape index (κ1) is 11.7. The minimum Gasteiger partial charge on any atom is -0.444 e. The molecule has 92 valence electrons. The van der Waals surface area contributed by atoms with Crippen LogP contribution in [0.3, 0.4) is 0 Å². The van der Waals surface area contributed by atoms with Crippen LogP contribution in [-0.2, 0) is 4.74 Å². The second-order valence-electron chi connectivity index (χ2n) is 5.96. The molecule has 16 heavy (non-hydrogen) atoms. The second-order valence-corrected chi connectivity index (χ2v) is 5.96. The van der Waals surface area contributed by atoms with E-state index in [0.29, 0.717) is 5.92 Å². The van der Waals surface area contributed by atoms with E-state index in [9.17, 15) is 9.90 Å². The number of carbonyl (C=O) groups excluding carboxylic acids is 1. The van der Waals surface area contributed by atoms with E-state index in [4.69, 9.17) is 4.74 Å². The summed E-state index contributed by atoms with van der Waals surface area (Å²) >= 11 is 0. The summed E-state index contributed by atoms with van der Waals surface area (Å²) in [6, 6.07) is -0.0430. The number of likely N-dealkylation sites (tertiary alicyclic amines) is 1. The Labute approximate surface area is 96.6 Å². The predicted octanol–water partition coefficient (Wildman–Crippen LogP) is 1.62. The lowest BCUT2D eigenvalue weighted by Gasteiger charge is -2.35. The molecule has 1 N–H and O–H groups in total. The van der Waals surface area contributed by atoms with Gasteiger partial charge in [0.15, 0.2) is 0 Å². The number of rotatable bonds is 1. The number of carbonyl (C=O) groups is 1. The van der Waals surface area contributed by atoms with E-state index in [0.717, 1.165) is 18.9 Å². The van der Waals surface area contributed by atoms with Crippen LogP contribution < -0.4 is 0 Å². The highest BCUT2D eigenvalue weighted by atomic mass is 16.6. The van der Waals surface area contributed by atoms with Gasteiger partial charge in [-0.25, -0.2) is 4.79 Å². The van der Waals surface area contributed by atoms with Crippen molar-refractivity contribution in [3.05, 3.63) is 0 Å². The zero-order valence-corrected chi connectivity index (χ0v) is 10.3. The van der Waals surface area contributed by atoms with Crippen molar-refractivity contribution in [2.24, 2.45) is 11.8 Å². The molecule has 2 rings (SSSR count). The molecule has 3 unspecified atom stereocenters. The fourth-order valence-corrected chi connectivity index (χ4v) is 2.42. The summed E-state index contributed by atoms with van der Waals surface area (Å²) in [5.74, 6) is 1.38. The molecule has 1 aliphatic heterocycles. The largest absolute Gasteiger partial charge is 0.444 e. The molecule has 0 radical (unpaired) electrons. The van der Waals surface area contributed by atoms with Crippen LogP contribution in [0.4, 0.5) is 4.79 Å². The van der Waals surface area contributed by atoms with Gasteiger partial charge in [-0.05, 0) is 45.4 Å². The topological polar surface area (TPSA) is 49.8 Å². The first-order valence-electron chi connectivity index (χ1n) is 6.01. The first-order chi connectivity index (χ1) is 7.40. The molecule has 0 spiro atoms. The molecule has 0 bridgehead atoms. The van der Waals surface area contributed by atoms with Gasteiger partial charge in [-0.1, -0.05) is 0 Å². The van der Waals surface area contributed by atoms with Crippen molar-refractivity contribution in [2.45, 2.75) is 45.3 Å². The molecular formula is C12H21NO3. The SMILES string of the molecule is CC(C)(C)OC(=O)N1CC2CC2CC1CO. The third-order valence-electron chi connectivity index (χ3n) is 3.35. The van der Waals surface area contributed by atoms with Gasteiger partial charge in [0, 0.05) is 6.54 Å². The Balaban J connectivity index is 1.98. The summed E-state index contributed by atoms with van der Waals surface area (Å²) in [6.45, 7) is 6.39. The Bertz CT molecular complexity index is 284. The van der Waals surface area contributed by atoms with Crippen LogP contribution in [-0.4, -0.2) is 40.9 Å². The number of amides is 1. The molecule has 4 nitrogen and oxygen atoms in total. The maximum absolute atomic E-state index is 11.9. The van der Waals surface area contributed by atoms with E-state index >= 15 is 0 Å². The zero-order chi connectivity index (χ0) is 11.9. The summed E-state index contributed by atoms with van der Waals surface area (Å²) in [5.41, 5.74) is -0.461. The number of ether oxygens (including phenoxy) is 1. The molecule has 2 fully saturated rings. The summed E-state index contributed by atoms with van der Waals surface area (Å²) in [5, 5.41) is 9.30. The Morgan fingerprint density at radius 1 is 1.38 bits per heavy atom. The molecule has 0 aromatic carbocycles. The van der Waals surface area contributed by atoms with E-state index < -0.39 is 5.60 Å². The van der Waals surface area contributed by atoms with E-state index in [-0.39, 0.29) is 18.7 Å². The first-order valence-corrected chi connectivity index (χ1v) is 6.01. The third kappa shape index (κ3) is 2.48. The van der Waals surface area contributed by atoms with Crippen LogP contribution in [0.1, 0.15) is 33.6 Å². The number of aliphatic hydroxyl groups is 1. The van der Waals surface area contributed by atoms with Crippen molar-refractivity contribution in [1.29, 1.82) is 0 Å². The standard InChI is InChI=1S/C12H21NO3/c1-12(2,3)16-11(15)13-6-9-4-8(9)5-10(13)7-14/h8-10,14H,4-7H2,1-3H3. The van der Waals surface area contributed by atoms with Gasteiger partial charge in [0.05, 0.1) is 12.6 Å². The minimum atomic E-state index is -0.461. The van der Waals surface area contributed by atoms with Crippen molar-refractivity contribution in [3.8, 4) is 0 Å². The minimum absolute atomic E-state index is 0.0430. The lowest BCUT2D eigenvalue weighted by Crippen LogP contribution is -2.48. The normalized spacial score (nSPS) is 33.2. The van der Waals surface area contributed by atoms with Crippen LogP contribution in [0.2, 0.25) is 0 Å². The second kappa shape index (κ2) is 3.91. The van der Waals surface area contributed by atoms with Gasteiger partial charge in [-0.15, -0.1) is 0 Å². The van der Waals surface area contributed by atoms with Crippen LogP contribution in [0, 0.1) is 11.8 Å². The van der Waals surface area contributed by atoms with Gasteiger partial charge in [0.2, 0.25) is 0 Å². The lowest BCUT2D eigenvalue weighted by atomic mass is 10.0. The van der Waals surface area contributed by atoms with Gasteiger partial charge < -0.3 is 14.7 Å². The van der Waals surface area contributed by atoms with Crippen molar-refractivity contribution in [2.75, 3.05) is 13.2 Å². The average molecular weight is 227 g/mol. The molecule has 1 saturated carbocycles. The third-order valence-corrected chi connectivity index (χ3v) is 3.35. The highest BCUT2D eigenvalue weighted by Gasteiger charge is 2.47. The fourth-order valence-electron chi connectivity index (χ4n) is 2.42. The predicted molar refractivity (Wildman–Crippen MR) is 60.0 cm³/mol. The molecule has 1 aliphatic carbocycles. The number of fused-ring (bicyclic) bond motifs is 1. The van der Waals surface area contributed by atoms with Crippen molar-refractivity contribution < 1.29 is 14.6 Å². The Hall–Kier alpha value is -0.770. The monoisotopic (exact) mass is 227 g/mol. The van der Waals surface area contributed by atoms with Crippen LogP contribution in [0.15, 0.2) is 0 Å². The molecule has 3 atom stereocenters. The van der Waals surface area contributed by atoms with Gasteiger partial charge in [-0.3, -0.25) is 0 Å². The van der Waals surface area contributed by atoms with Crippen LogP contribution in [0.5, 0.6) is 0 Å². The van der Waals surface area contributed by atoms with Gasteiger partial charge >= 0.3 is 6.09 Å². The summed E-state index contributed by atoms with van der Waals surface area (Å²) in [6.07, 6.45) is 1.85. The van der Waals surface area contributed by atoms with Gasteiger partial charge in [0.1, 0.15) is 5.60 Å². The molecule has 4 heteroatoms. The Kier molecular flexibility index (Phi) is 2.86. The number of nitrogens with zero attached hydrogens (tertiary/aromatic N) is 1. The van der Waals surface area contributed by atoms with Crippen LogP contribution in [0.25, 0.3) is 0 Å². The summed E-state index contributed by atoms with van der Waals surface area (Å²) in [4.78, 5) is 13.6. The highest BCUT2D eigenvalue weighted by Crippen LogP contribution is 2.47. The Morgan fingerprint density at radius 2 is 2.06 bits per heavy atom. The molecule has 2 aliphatic rings. The molecule has 0 aromatic heterocycles. The van der Waals surface area contributed by atoms with Gasteiger partial charge in [-0.2, -0.15) is 0 Å². The van der Waals surface area contributed by atoms with Gasteiger partial charge in [0.25, 0.3) is 0 Å². The lowest BCUT2D eigenvalue weighted by molar-refractivity contribution is 0.000449. The number of hydrogen-bond donors (Lipinski definition) is 1. The smallest absolute Gasteiger partial charge is 0.410 e. The van der Waals surface area contributed by atoms with Crippen molar-refractivity contribution in [3.63, 3.8) is 0 Å². The molecule has 1 saturated heterocycles. The molecular weight excluding hydrogens is 206 g/mol. The molecule has 0 aromatic rings. The fraction of sp³-hybridized carbons (Fsp3) is 0.917. The average Bonchev–Trinajstić information content (AvgIpc) is 2.90. The molecule has 1 amide bonds. The maximum Gasteiger partial charge on any atom is 0.410 e. The zero-order valence-electron chi connectivity index (χ0n) is 10.3. The number of aliphatic hydroxyl groups excluding tert-OH is 1. The van der Waals surface area contributed by atoms with E-state index in [1.165, 1.54) is 6.42 Å². The van der Waals surface area contributed by atoms with E-state index in [2.05, 4.69) is 0 Å². The highest BCUT2D eigenvalue weighted by molar-refractivity contribution is 5.69. The van der Waals surface area contributed by atoms with E-state index in [1.807, 2.05) is 20.8 Å². The van der Waals surface area contributed by atoms with Crippen LogP contribution >= 0.6 is 0 Å². The summed E-state index contributed by atoms with van der Waals surface area (Å²) in [7, 11) is 0. The number of hydrogen-bond acceptors (Lipinski definition) is 3. The summed E-state index contributed by atoms with van der Waals surface area (Å²) < 4.78 is 5.35. The quantitative estimate of drug-likeness (QED) is 0.740. The van der Waals surface area contributed by atoms with Crippen molar-refractivity contribution in [1.82, 2.24) is 4.90 Å². The Morgan fingerprint density at radius 3 is 2.62 bits per heavy atom. The van der Waals surface area contributed by atoms with E-state index in [1.54, 1.807) is 4.90 Å². The number of piperidine rings is 1.